The minimum absolute atomic E-state index is 0.169. The lowest BCUT2D eigenvalue weighted by molar-refractivity contribution is 0.702. The lowest BCUT2D eigenvalue weighted by Crippen LogP contribution is -2.28. The van der Waals surface area contributed by atoms with Crippen LogP contribution in [0, 0.1) is 11.3 Å². The average molecular weight is 257 g/mol. The van der Waals surface area contributed by atoms with Crippen LogP contribution in [0.2, 0.25) is 5.02 Å². The maximum atomic E-state index is 8.65. The zero-order valence-corrected chi connectivity index (χ0v) is 10.9. The van der Waals surface area contributed by atoms with Crippen LogP contribution in [0.15, 0.2) is 18.2 Å². The first-order chi connectivity index (χ1) is 7.60. The van der Waals surface area contributed by atoms with Crippen molar-refractivity contribution in [3.8, 4) is 6.07 Å². The zero-order chi connectivity index (χ0) is 12.1. The van der Waals surface area contributed by atoms with Crippen molar-refractivity contribution in [1.29, 1.82) is 5.26 Å². The van der Waals surface area contributed by atoms with Gasteiger partial charge in [-0.1, -0.05) is 17.7 Å². The molecule has 0 aliphatic carbocycles. The van der Waals surface area contributed by atoms with Crippen molar-refractivity contribution in [2.24, 2.45) is 0 Å². The highest BCUT2D eigenvalue weighted by atomic mass is 35.5. The van der Waals surface area contributed by atoms with Crippen LogP contribution in [-0.4, -0.2) is 13.1 Å². The molecule has 0 bridgehead atoms. The lowest BCUT2D eigenvalue weighted by Gasteiger charge is -2.25. The van der Waals surface area contributed by atoms with Gasteiger partial charge in [-0.05, 0) is 24.6 Å². The number of nitrogens with zero attached hydrogens (tertiary/aromatic N) is 2. The van der Waals surface area contributed by atoms with E-state index in [1.54, 1.807) is 0 Å². The molecule has 1 rings (SSSR count). The number of rotatable bonds is 4. The predicted molar refractivity (Wildman–Crippen MR) is 69.1 cm³/mol. The Kier molecular flexibility index (Phi) is 4.92. The molecule has 0 saturated heterocycles. The van der Waals surface area contributed by atoms with Gasteiger partial charge in [-0.15, -0.1) is 11.6 Å². The third kappa shape index (κ3) is 3.04. The number of anilines is 1. The SMILES string of the molecule is CC(CC#N)N(C)c1ccc(CCl)c(Cl)c1. The Hall–Kier alpha value is -0.910. The van der Waals surface area contributed by atoms with Gasteiger partial charge in [0.05, 0.1) is 12.5 Å². The third-order valence-electron chi connectivity index (χ3n) is 2.64. The average Bonchev–Trinajstić information content (AvgIpc) is 2.28. The molecule has 0 aliphatic heterocycles. The Balaban J connectivity index is 2.89. The summed E-state index contributed by atoms with van der Waals surface area (Å²) in [6.07, 6.45) is 0.491. The topological polar surface area (TPSA) is 27.0 Å². The van der Waals surface area contributed by atoms with Gasteiger partial charge < -0.3 is 4.90 Å². The fourth-order valence-electron chi connectivity index (χ4n) is 1.39. The van der Waals surface area contributed by atoms with E-state index in [1.165, 1.54) is 0 Å². The molecule has 1 aromatic carbocycles. The van der Waals surface area contributed by atoms with E-state index in [2.05, 4.69) is 6.07 Å². The zero-order valence-electron chi connectivity index (χ0n) is 9.37. The molecule has 1 aromatic rings. The van der Waals surface area contributed by atoms with Crippen molar-refractivity contribution in [2.45, 2.75) is 25.3 Å². The first-order valence-electron chi connectivity index (χ1n) is 5.04. The molecule has 0 aliphatic rings. The molecule has 4 heteroatoms. The third-order valence-corrected chi connectivity index (χ3v) is 3.28. The van der Waals surface area contributed by atoms with E-state index in [-0.39, 0.29) is 6.04 Å². The quantitative estimate of drug-likeness (QED) is 0.767. The molecule has 0 radical (unpaired) electrons. The molecule has 0 saturated carbocycles. The van der Waals surface area contributed by atoms with Gasteiger partial charge >= 0.3 is 0 Å². The molecule has 0 heterocycles. The smallest absolute Gasteiger partial charge is 0.0643 e. The van der Waals surface area contributed by atoms with Gasteiger partial charge in [-0.3, -0.25) is 0 Å². The van der Waals surface area contributed by atoms with Crippen LogP contribution in [0.25, 0.3) is 0 Å². The van der Waals surface area contributed by atoms with Crippen LogP contribution < -0.4 is 4.90 Å². The molecule has 0 fully saturated rings. The van der Waals surface area contributed by atoms with Gasteiger partial charge in [0.25, 0.3) is 0 Å². The van der Waals surface area contributed by atoms with Crippen LogP contribution >= 0.6 is 23.2 Å². The summed E-state index contributed by atoms with van der Waals surface area (Å²) in [5.74, 6) is 0.413. The van der Waals surface area contributed by atoms with Crippen molar-refractivity contribution in [2.75, 3.05) is 11.9 Å². The lowest BCUT2D eigenvalue weighted by atomic mass is 10.1. The summed E-state index contributed by atoms with van der Waals surface area (Å²) >= 11 is 11.8. The summed E-state index contributed by atoms with van der Waals surface area (Å²) in [7, 11) is 1.95. The molecule has 1 atom stereocenters. The Labute approximate surface area is 106 Å². The Morgan fingerprint density at radius 2 is 2.19 bits per heavy atom. The van der Waals surface area contributed by atoms with Crippen LogP contribution in [0.5, 0.6) is 0 Å². The maximum Gasteiger partial charge on any atom is 0.0643 e. The van der Waals surface area contributed by atoms with E-state index in [4.69, 9.17) is 28.5 Å². The van der Waals surface area contributed by atoms with Gasteiger partial charge in [0, 0.05) is 29.7 Å². The van der Waals surface area contributed by atoms with E-state index >= 15 is 0 Å². The standard InChI is InChI=1S/C12H14Cl2N2/c1-9(5-6-15)16(2)11-4-3-10(8-13)12(14)7-11/h3-4,7,9H,5,8H2,1-2H3. The second-order valence-electron chi connectivity index (χ2n) is 3.73. The molecule has 0 aromatic heterocycles. The monoisotopic (exact) mass is 256 g/mol. The first-order valence-corrected chi connectivity index (χ1v) is 5.95. The van der Waals surface area contributed by atoms with Crippen LogP contribution in [0.4, 0.5) is 5.69 Å². The Bertz CT molecular complexity index is 398. The number of nitriles is 1. The highest BCUT2D eigenvalue weighted by Gasteiger charge is 2.10. The molecule has 0 amide bonds. The summed E-state index contributed by atoms with van der Waals surface area (Å²) < 4.78 is 0. The fraction of sp³-hybridized carbons (Fsp3) is 0.417. The molecule has 2 nitrogen and oxygen atoms in total. The van der Waals surface area contributed by atoms with Gasteiger partial charge in [0.15, 0.2) is 0 Å². The molecule has 0 spiro atoms. The molecule has 16 heavy (non-hydrogen) atoms. The van der Waals surface area contributed by atoms with Crippen molar-refractivity contribution >= 4 is 28.9 Å². The van der Waals surface area contributed by atoms with Crippen molar-refractivity contribution < 1.29 is 0 Å². The largest absolute Gasteiger partial charge is 0.371 e. The van der Waals surface area contributed by atoms with Gasteiger partial charge in [0.1, 0.15) is 0 Å². The van der Waals surface area contributed by atoms with Crippen LogP contribution in [-0.2, 0) is 5.88 Å². The fourth-order valence-corrected chi connectivity index (χ4v) is 1.93. The summed E-state index contributed by atoms with van der Waals surface area (Å²) in [6, 6.07) is 8.10. The highest BCUT2D eigenvalue weighted by molar-refractivity contribution is 6.32. The second-order valence-corrected chi connectivity index (χ2v) is 4.41. The Morgan fingerprint density at radius 1 is 1.50 bits per heavy atom. The summed E-state index contributed by atoms with van der Waals surface area (Å²) in [6.45, 7) is 2.01. The van der Waals surface area contributed by atoms with E-state index in [0.29, 0.717) is 17.3 Å². The van der Waals surface area contributed by atoms with E-state index in [0.717, 1.165) is 11.3 Å². The number of benzene rings is 1. The normalized spacial score (nSPS) is 11.9. The molecule has 86 valence electrons. The summed E-state index contributed by atoms with van der Waals surface area (Å²) in [5, 5.41) is 9.32. The van der Waals surface area contributed by atoms with E-state index in [1.807, 2.05) is 37.1 Å². The van der Waals surface area contributed by atoms with Gasteiger partial charge in [0.2, 0.25) is 0 Å². The van der Waals surface area contributed by atoms with Gasteiger partial charge in [-0.2, -0.15) is 5.26 Å². The van der Waals surface area contributed by atoms with Crippen LogP contribution in [0.3, 0.4) is 0 Å². The molecule has 0 N–H and O–H groups in total. The van der Waals surface area contributed by atoms with Crippen molar-refractivity contribution in [3.63, 3.8) is 0 Å². The van der Waals surface area contributed by atoms with E-state index in [9.17, 15) is 0 Å². The molecule has 1 unspecified atom stereocenters. The summed E-state index contributed by atoms with van der Waals surface area (Å²) in [4.78, 5) is 2.03. The first kappa shape index (κ1) is 13.2. The predicted octanol–water partition coefficient (Wildman–Crippen LogP) is 3.82. The second kappa shape index (κ2) is 5.98. The van der Waals surface area contributed by atoms with E-state index < -0.39 is 0 Å². The molecular weight excluding hydrogens is 243 g/mol. The minimum atomic E-state index is 0.169. The highest BCUT2D eigenvalue weighted by Crippen LogP contribution is 2.25. The molecular formula is C12H14Cl2N2. The maximum absolute atomic E-state index is 8.65. The van der Waals surface area contributed by atoms with Crippen molar-refractivity contribution in [1.82, 2.24) is 0 Å². The number of hydrogen-bond acceptors (Lipinski definition) is 2. The minimum Gasteiger partial charge on any atom is -0.371 e. The Morgan fingerprint density at radius 3 is 2.69 bits per heavy atom. The number of halogens is 2. The van der Waals surface area contributed by atoms with Crippen LogP contribution in [0.1, 0.15) is 18.9 Å². The summed E-state index contributed by atoms with van der Waals surface area (Å²) in [5.41, 5.74) is 1.93. The van der Waals surface area contributed by atoms with Gasteiger partial charge in [-0.25, -0.2) is 0 Å². The number of alkyl halides is 1. The number of hydrogen-bond donors (Lipinski definition) is 0. The van der Waals surface area contributed by atoms with Crippen molar-refractivity contribution in [3.05, 3.63) is 28.8 Å².